The fourth-order valence-corrected chi connectivity index (χ4v) is 5.91. The van der Waals surface area contributed by atoms with Crippen molar-refractivity contribution in [2.45, 2.75) is 50.9 Å². The van der Waals surface area contributed by atoms with Gasteiger partial charge in [0.2, 0.25) is 0 Å². The minimum Gasteiger partial charge on any atom is -0.376 e. The Morgan fingerprint density at radius 1 is 1.14 bits per heavy atom. The highest BCUT2D eigenvalue weighted by molar-refractivity contribution is 6.01. The van der Waals surface area contributed by atoms with Gasteiger partial charge >= 0.3 is 0 Å². The third-order valence-electron chi connectivity index (χ3n) is 8.55. The predicted octanol–water partition coefficient (Wildman–Crippen LogP) is 4.37. The molecular weight excluding hydrogens is 542 g/mol. The average Bonchev–Trinajstić information content (AvgIpc) is 3.73. The van der Waals surface area contributed by atoms with Gasteiger partial charge in [0, 0.05) is 36.4 Å². The maximum Gasteiger partial charge on any atom is 0.283 e. The largest absolute Gasteiger partial charge is 0.376 e. The summed E-state index contributed by atoms with van der Waals surface area (Å²) >= 11 is 0. The van der Waals surface area contributed by atoms with Gasteiger partial charge in [-0.3, -0.25) is 14.5 Å². The number of amides is 1. The lowest BCUT2D eigenvalue weighted by atomic mass is 9.97. The lowest BCUT2D eigenvalue weighted by molar-refractivity contribution is -0.0324. The second kappa shape index (κ2) is 10.4. The summed E-state index contributed by atoms with van der Waals surface area (Å²) in [5.41, 5.74) is 3.67. The van der Waals surface area contributed by atoms with Crippen LogP contribution in [0.5, 0.6) is 0 Å². The molecule has 1 unspecified atom stereocenters. The standard InChI is InChI=1S/C31H32F2N6O3/c1-17-13-37(7-8-42-17)18(2)25-12-27-29(36-25)31(41)39(16-34-27)28-10-20(9-26(35-28)19-3-4-19)23-6-5-21(32)11-24(23)30(40)38-14-22(33)15-38/h5-6,9-12,16-19,22,36H,3-4,7-8,13-15H2,1-2H3/t17-,18?/m1/s1. The Kier molecular flexibility index (Phi) is 6.66. The van der Waals surface area contributed by atoms with Crippen LogP contribution in [-0.2, 0) is 4.74 Å². The molecule has 7 rings (SSSR count). The van der Waals surface area contributed by atoms with Gasteiger partial charge in [0.25, 0.3) is 11.5 Å². The molecule has 1 aliphatic carbocycles. The summed E-state index contributed by atoms with van der Waals surface area (Å²) in [5.74, 6) is -0.360. The number of aromatic amines is 1. The van der Waals surface area contributed by atoms with Crippen molar-refractivity contribution in [3.8, 4) is 16.9 Å². The zero-order valence-electron chi connectivity index (χ0n) is 23.5. The fourth-order valence-electron chi connectivity index (χ4n) is 5.91. The SMILES string of the molecule is CC(c1cc2ncn(-c3cc(-c4ccc(F)cc4C(=O)N4CC(F)C4)cc(C4CC4)n3)c(=O)c2[nH]1)N1CCO[C@H](C)C1. The van der Waals surface area contributed by atoms with E-state index in [1.807, 2.05) is 12.1 Å². The van der Waals surface area contributed by atoms with E-state index in [2.05, 4.69) is 28.7 Å². The molecule has 9 nitrogen and oxygen atoms in total. The number of hydrogen-bond acceptors (Lipinski definition) is 6. The second-order valence-corrected chi connectivity index (χ2v) is 11.7. The van der Waals surface area contributed by atoms with Gasteiger partial charge < -0.3 is 14.6 Å². The number of benzene rings is 1. The molecule has 1 N–H and O–H groups in total. The van der Waals surface area contributed by atoms with E-state index in [-0.39, 0.29) is 42.3 Å². The van der Waals surface area contributed by atoms with E-state index in [4.69, 9.17) is 9.72 Å². The van der Waals surface area contributed by atoms with E-state index >= 15 is 0 Å². The van der Waals surface area contributed by atoms with Crippen LogP contribution < -0.4 is 5.56 Å². The minimum absolute atomic E-state index is 0.00784. The lowest BCUT2D eigenvalue weighted by Crippen LogP contribution is -2.51. The third-order valence-corrected chi connectivity index (χ3v) is 8.55. The summed E-state index contributed by atoms with van der Waals surface area (Å²) in [6, 6.07) is 9.63. The number of H-pyrrole nitrogens is 1. The number of hydrogen-bond donors (Lipinski definition) is 1. The molecule has 0 spiro atoms. The number of carbonyl (C=O) groups is 1. The molecule has 3 fully saturated rings. The van der Waals surface area contributed by atoms with Crippen molar-refractivity contribution in [2.24, 2.45) is 0 Å². The number of pyridine rings is 1. The Hall–Kier alpha value is -3.96. The zero-order valence-corrected chi connectivity index (χ0v) is 23.5. The molecule has 42 heavy (non-hydrogen) atoms. The fraction of sp³-hybridized carbons (Fsp3) is 0.419. The van der Waals surface area contributed by atoms with Crippen LogP contribution in [0.2, 0.25) is 0 Å². The molecular formula is C31H32F2N6O3. The van der Waals surface area contributed by atoms with Crippen molar-refractivity contribution in [1.29, 1.82) is 0 Å². The number of nitrogens with zero attached hydrogens (tertiary/aromatic N) is 5. The van der Waals surface area contributed by atoms with Gasteiger partial charge in [0.15, 0.2) is 0 Å². The number of fused-ring (bicyclic) bond motifs is 1. The van der Waals surface area contributed by atoms with E-state index in [1.165, 1.54) is 27.9 Å². The highest BCUT2D eigenvalue weighted by atomic mass is 19.1. The first-order valence-electron chi connectivity index (χ1n) is 14.5. The zero-order chi connectivity index (χ0) is 29.1. The minimum atomic E-state index is -1.07. The van der Waals surface area contributed by atoms with E-state index in [1.54, 1.807) is 12.1 Å². The van der Waals surface area contributed by atoms with Crippen molar-refractivity contribution < 1.29 is 18.3 Å². The number of likely N-dealkylation sites (tertiary alicyclic amines) is 1. The van der Waals surface area contributed by atoms with E-state index in [0.29, 0.717) is 34.6 Å². The van der Waals surface area contributed by atoms with Gasteiger partial charge in [-0.1, -0.05) is 6.07 Å². The first-order chi connectivity index (χ1) is 20.2. The molecule has 4 aromatic rings. The molecule has 1 aromatic carbocycles. The highest BCUT2D eigenvalue weighted by Crippen LogP contribution is 2.41. The van der Waals surface area contributed by atoms with Crippen molar-refractivity contribution in [1.82, 2.24) is 29.3 Å². The normalized spacial score (nSPS) is 20.6. The first kappa shape index (κ1) is 26.9. The Morgan fingerprint density at radius 2 is 1.95 bits per heavy atom. The van der Waals surface area contributed by atoms with Gasteiger partial charge in [0.05, 0.1) is 36.9 Å². The predicted molar refractivity (Wildman–Crippen MR) is 153 cm³/mol. The number of halogens is 2. The number of morpholine rings is 1. The van der Waals surface area contributed by atoms with Crippen LogP contribution in [0.4, 0.5) is 8.78 Å². The molecule has 11 heteroatoms. The van der Waals surface area contributed by atoms with Gasteiger partial charge in [-0.25, -0.2) is 23.3 Å². The summed E-state index contributed by atoms with van der Waals surface area (Å²) in [5, 5.41) is 0. The van der Waals surface area contributed by atoms with Crippen LogP contribution >= 0.6 is 0 Å². The summed E-state index contributed by atoms with van der Waals surface area (Å²) in [7, 11) is 0. The molecule has 3 aromatic heterocycles. The lowest BCUT2D eigenvalue weighted by Gasteiger charge is -2.35. The molecule has 2 saturated heterocycles. The van der Waals surface area contributed by atoms with Gasteiger partial charge in [-0.15, -0.1) is 0 Å². The van der Waals surface area contributed by atoms with Crippen molar-refractivity contribution in [2.75, 3.05) is 32.8 Å². The summed E-state index contributed by atoms with van der Waals surface area (Å²) in [4.78, 5) is 43.4. The van der Waals surface area contributed by atoms with Crippen LogP contribution in [0, 0.1) is 5.82 Å². The van der Waals surface area contributed by atoms with Gasteiger partial charge in [-0.05, 0) is 68.1 Å². The van der Waals surface area contributed by atoms with Crippen molar-refractivity contribution >= 4 is 16.9 Å². The summed E-state index contributed by atoms with van der Waals surface area (Å²) < 4.78 is 34.9. The number of ether oxygens (including phenoxy) is 1. The maximum absolute atomic E-state index is 14.3. The summed E-state index contributed by atoms with van der Waals surface area (Å²) in [6.45, 7) is 6.41. The first-order valence-corrected chi connectivity index (χ1v) is 14.5. The Morgan fingerprint density at radius 3 is 2.69 bits per heavy atom. The van der Waals surface area contributed by atoms with E-state index in [9.17, 15) is 18.4 Å². The Labute approximate surface area is 241 Å². The monoisotopic (exact) mass is 574 g/mol. The van der Waals surface area contributed by atoms with Gasteiger partial charge in [0.1, 0.15) is 29.7 Å². The number of nitrogens with one attached hydrogen (secondary N) is 1. The maximum atomic E-state index is 14.3. The van der Waals surface area contributed by atoms with Gasteiger partial charge in [-0.2, -0.15) is 0 Å². The molecule has 218 valence electrons. The molecule has 2 aliphatic heterocycles. The third kappa shape index (κ3) is 4.90. The van der Waals surface area contributed by atoms with Crippen LogP contribution in [0.1, 0.15) is 60.4 Å². The molecule has 0 bridgehead atoms. The molecule has 1 amide bonds. The van der Waals surface area contributed by atoms with E-state index in [0.717, 1.165) is 37.3 Å². The van der Waals surface area contributed by atoms with E-state index < -0.39 is 17.9 Å². The van der Waals surface area contributed by atoms with Crippen LogP contribution in [0.15, 0.2) is 47.5 Å². The summed E-state index contributed by atoms with van der Waals surface area (Å²) in [6.07, 6.45) is 2.50. The quantitative estimate of drug-likeness (QED) is 0.368. The van der Waals surface area contributed by atoms with Crippen molar-refractivity contribution in [3.63, 3.8) is 0 Å². The van der Waals surface area contributed by atoms with Crippen LogP contribution in [0.25, 0.3) is 28.0 Å². The Balaban J connectivity index is 1.29. The number of aromatic nitrogens is 4. The number of alkyl halides is 1. The molecule has 5 heterocycles. The highest BCUT2D eigenvalue weighted by Gasteiger charge is 2.33. The molecule has 1 saturated carbocycles. The number of carbonyl (C=O) groups excluding carboxylic acids is 1. The number of rotatable bonds is 6. The second-order valence-electron chi connectivity index (χ2n) is 11.7. The Bertz CT molecular complexity index is 1740. The van der Waals surface area contributed by atoms with Crippen LogP contribution in [0.3, 0.4) is 0 Å². The molecule has 0 radical (unpaired) electrons. The molecule has 3 aliphatic rings. The topological polar surface area (TPSA) is 96.3 Å². The van der Waals surface area contributed by atoms with Crippen molar-refractivity contribution in [3.05, 3.63) is 75.8 Å². The molecule has 2 atom stereocenters. The average molecular weight is 575 g/mol. The van der Waals surface area contributed by atoms with Crippen LogP contribution in [-0.4, -0.2) is 80.3 Å². The smallest absolute Gasteiger partial charge is 0.283 e.